The lowest BCUT2D eigenvalue weighted by Crippen LogP contribution is -2.58. The van der Waals surface area contributed by atoms with Gasteiger partial charge >= 0.3 is 17.9 Å². The molecule has 3 amide bonds. The standard InChI is InChI=1S/C17H24N6O10/c18-8(2-12(25)26)14(29)23-11(5-24)16(31)21-9(3-13(27)28)15(30)22-10(17(32)33)1-7-4-19-6-20-7/h4,6,8-11,24H,1-3,5,18H2,(H,19,20)(H,21,31)(H,22,30)(H,23,29)(H,25,26)(H,27,28)(H,32,33). The van der Waals surface area contributed by atoms with Gasteiger partial charge in [0, 0.05) is 18.3 Å². The molecule has 0 aliphatic rings. The van der Waals surface area contributed by atoms with Gasteiger partial charge in [0.2, 0.25) is 17.7 Å². The molecule has 1 rings (SSSR count). The second-order valence-electron chi connectivity index (χ2n) is 6.79. The molecular formula is C17H24N6O10. The fourth-order valence-corrected chi connectivity index (χ4v) is 2.50. The van der Waals surface area contributed by atoms with E-state index in [4.69, 9.17) is 15.9 Å². The van der Waals surface area contributed by atoms with Crippen LogP contribution in [0.5, 0.6) is 0 Å². The van der Waals surface area contributed by atoms with Gasteiger partial charge in [0.25, 0.3) is 0 Å². The maximum absolute atomic E-state index is 12.5. The van der Waals surface area contributed by atoms with Crippen molar-refractivity contribution in [3.8, 4) is 0 Å². The average molecular weight is 472 g/mol. The van der Waals surface area contributed by atoms with Crippen LogP contribution in [-0.2, 0) is 35.2 Å². The molecule has 16 nitrogen and oxygen atoms in total. The van der Waals surface area contributed by atoms with Gasteiger partial charge < -0.3 is 47.1 Å². The van der Waals surface area contributed by atoms with Gasteiger partial charge in [-0.15, -0.1) is 0 Å². The van der Waals surface area contributed by atoms with Crippen LogP contribution in [0.4, 0.5) is 0 Å². The number of aliphatic carboxylic acids is 3. The van der Waals surface area contributed by atoms with E-state index in [9.17, 15) is 39.0 Å². The van der Waals surface area contributed by atoms with Gasteiger partial charge in [-0.05, 0) is 0 Å². The number of H-pyrrole nitrogens is 1. The number of aromatic amines is 1. The third-order valence-electron chi connectivity index (χ3n) is 4.15. The molecule has 0 saturated carbocycles. The van der Waals surface area contributed by atoms with Crippen molar-refractivity contribution in [2.24, 2.45) is 5.73 Å². The Labute approximate surface area is 185 Å². The van der Waals surface area contributed by atoms with Crippen LogP contribution in [0.15, 0.2) is 12.5 Å². The van der Waals surface area contributed by atoms with Crippen molar-refractivity contribution in [1.82, 2.24) is 25.9 Å². The number of aromatic nitrogens is 2. The van der Waals surface area contributed by atoms with Gasteiger partial charge in [0.15, 0.2) is 0 Å². The minimum atomic E-state index is -1.77. The summed E-state index contributed by atoms with van der Waals surface area (Å²) in [6.07, 6.45) is 0.685. The topological polar surface area (TPSA) is 274 Å². The molecule has 182 valence electrons. The normalized spacial score (nSPS) is 14.2. The van der Waals surface area contributed by atoms with Gasteiger partial charge in [-0.1, -0.05) is 0 Å². The Kier molecular flexibility index (Phi) is 10.4. The highest BCUT2D eigenvalue weighted by molar-refractivity contribution is 5.96. The number of rotatable bonds is 14. The molecule has 4 unspecified atom stereocenters. The number of nitrogens with two attached hydrogens (primary N) is 1. The Balaban J connectivity index is 2.88. The van der Waals surface area contributed by atoms with Gasteiger partial charge in [-0.3, -0.25) is 24.0 Å². The number of carbonyl (C=O) groups excluding carboxylic acids is 3. The minimum absolute atomic E-state index is 0.217. The first-order chi connectivity index (χ1) is 15.4. The molecule has 0 fully saturated rings. The number of carboxylic acids is 3. The molecule has 10 N–H and O–H groups in total. The molecule has 0 aliphatic carbocycles. The number of imidazole rings is 1. The lowest BCUT2D eigenvalue weighted by Gasteiger charge is -2.23. The molecule has 0 aliphatic heterocycles. The average Bonchev–Trinajstić information content (AvgIpc) is 3.22. The molecule has 1 heterocycles. The highest BCUT2D eigenvalue weighted by atomic mass is 16.4. The second kappa shape index (κ2) is 12.7. The number of amides is 3. The van der Waals surface area contributed by atoms with E-state index in [2.05, 4.69) is 15.3 Å². The van der Waals surface area contributed by atoms with Crippen LogP contribution in [0.1, 0.15) is 18.5 Å². The van der Waals surface area contributed by atoms with Crippen molar-refractivity contribution in [2.75, 3.05) is 6.61 Å². The monoisotopic (exact) mass is 472 g/mol. The molecule has 0 bridgehead atoms. The number of nitrogens with zero attached hydrogens (tertiary/aromatic N) is 1. The van der Waals surface area contributed by atoms with Crippen molar-refractivity contribution in [1.29, 1.82) is 0 Å². The predicted molar refractivity (Wildman–Crippen MR) is 105 cm³/mol. The lowest BCUT2D eigenvalue weighted by atomic mass is 10.1. The number of carbonyl (C=O) groups is 6. The Bertz CT molecular complexity index is 874. The number of nitrogens with one attached hydrogen (secondary N) is 4. The maximum Gasteiger partial charge on any atom is 0.326 e. The van der Waals surface area contributed by atoms with E-state index in [1.54, 1.807) is 0 Å². The van der Waals surface area contributed by atoms with Crippen LogP contribution in [-0.4, -0.2) is 96.8 Å². The molecule has 1 aromatic rings. The Morgan fingerprint density at radius 3 is 1.91 bits per heavy atom. The fourth-order valence-electron chi connectivity index (χ4n) is 2.50. The molecule has 1 aromatic heterocycles. The van der Waals surface area contributed by atoms with E-state index in [-0.39, 0.29) is 6.42 Å². The van der Waals surface area contributed by atoms with Crippen LogP contribution in [0, 0.1) is 0 Å². The van der Waals surface area contributed by atoms with Crippen molar-refractivity contribution in [3.63, 3.8) is 0 Å². The maximum atomic E-state index is 12.5. The highest BCUT2D eigenvalue weighted by Crippen LogP contribution is 2.02. The predicted octanol–water partition coefficient (Wildman–Crippen LogP) is -4.24. The summed E-state index contributed by atoms with van der Waals surface area (Å²) in [5.41, 5.74) is 5.73. The molecule has 0 aromatic carbocycles. The molecule has 0 radical (unpaired) electrons. The van der Waals surface area contributed by atoms with E-state index < -0.39 is 79.2 Å². The largest absolute Gasteiger partial charge is 0.481 e. The minimum Gasteiger partial charge on any atom is -0.481 e. The van der Waals surface area contributed by atoms with Crippen LogP contribution < -0.4 is 21.7 Å². The summed E-state index contributed by atoms with van der Waals surface area (Å²) in [5, 5.41) is 42.5. The Morgan fingerprint density at radius 1 is 0.879 bits per heavy atom. The van der Waals surface area contributed by atoms with Gasteiger partial charge in [-0.2, -0.15) is 0 Å². The van der Waals surface area contributed by atoms with E-state index in [0.29, 0.717) is 5.69 Å². The SMILES string of the molecule is NC(CC(=O)O)C(=O)NC(CO)C(=O)NC(CC(=O)O)C(=O)NC(Cc1cnc[nH]1)C(=O)O. The quantitative estimate of drug-likeness (QED) is 0.124. The molecular weight excluding hydrogens is 448 g/mol. The van der Waals surface area contributed by atoms with Crippen molar-refractivity contribution < 1.29 is 49.2 Å². The number of hydrogen-bond donors (Lipinski definition) is 9. The third-order valence-corrected chi connectivity index (χ3v) is 4.15. The summed E-state index contributed by atoms with van der Waals surface area (Å²) < 4.78 is 0. The van der Waals surface area contributed by atoms with Gasteiger partial charge in [-0.25, -0.2) is 9.78 Å². The molecule has 4 atom stereocenters. The molecule has 0 saturated heterocycles. The number of hydrogen-bond acceptors (Lipinski definition) is 9. The van der Waals surface area contributed by atoms with Gasteiger partial charge in [0.05, 0.1) is 31.8 Å². The first-order valence-electron chi connectivity index (χ1n) is 9.35. The van der Waals surface area contributed by atoms with Crippen LogP contribution in [0.3, 0.4) is 0 Å². The number of aliphatic hydroxyl groups excluding tert-OH is 1. The van der Waals surface area contributed by atoms with Crippen molar-refractivity contribution in [3.05, 3.63) is 18.2 Å². The number of carboxylic acid groups (broad SMARTS) is 3. The highest BCUT2D eigenvalue weighted by Gasteiger charge is 2.31. The van der Waals surface area contributed by atoms with Gasteiger partial charge in [0.1, 0.15) is 18.1 Å². The summed E-state index contributed by atoms with van der Waals surface area (Å²) >= 11 is 0. The van der Waals surface area contributed by atoms with E-state index in [0.717, 1.165) is 0 Å². The molecule has 0 spiro atoms. The molecule has 16 heteroatoms. The number of aliphatic hydroxyl groups is 1. The molecule has 33 heavy (non-hydrogen) atoms. The van der Waals surface area contributed by atoms with E-state index in [1.807, 2.05) is 10.6 Å². The second-order valence-corrected chi connectivity index (χ2v) is 6.79. The van der Waals surface area contributed by atoms with E-state index in [1.165, 1.54) is 12.5 Å². The lowest BCUT2D eigenvalue weighted by molar-refractivity contribution is -0.143. The van der Waals surface area contributed by atoms with Crippen molar-refractivity contribution >= 4 is 35.6 Å². The summed E-state index contributed by atoms with van der Waals surface area (Å²) in [6, 6.07) is -6.49. The zero-order valence-corrected chi connectivity index (χ0v) is 17.1. The van der Waals surface area contributed by atoms with Crippen molar-refractivity contribution in [2.45, 2.75) is 43.4 Å². The fraction of sp³-hybridized carbons (Fsp3) is 0.471. The zero-order valence-electron chi connectivity index (χ0n) is 17.1. The van der Waals surface area contributed by atoms with E-state index >= 15 is 0 Å². The third kappa shape index (κ3) is 9.32. The van der Waals surface area contributed by atoms with Crippen LogP contribution >= 0.6 is 0 Å². The smallest absolute Gasteiger partial charge is 0.326 e. The zero-order chi connectivity index (χ0) is 25.1. The first-order valence-corrected chi connectivity index (χ1v) is 9.35. The van der Waals surface area contributed by atoms with Crippen LogP contribution in [0.2, 0.25) is 0 Å². The summed E-state index contributed by atoms with van der Waals surface area (Å²) in [7, 11) is 0. The Hall–Kier alpha value is -4.05. The summed E-state index contributed by atoms with van der Waals surface area (Å²) in [4.78, 5) is 76.3. The summed E-state index contributed by atoms with van der Waals surface area (Å²) in [5.74, 6) is -7.76. The Morgan fingerprint density at radius 2 is 1.42 bits per heavy atom. The van der Waals surface area contributed by atoms with Crippen LogP contribution in [0.25, 0.3) is 0 Å². The summed E-state index contributed by atoms with van der Waals surface area (Å²) in [6.45, 7) is -0.990. The first kappa shape index (κ1) is 27.0.